The Balaban J connectivity index is 0.000000153. The predicted octanol–water partition coefficient (Wildman–Crippen LogP) is 4.70. The largest absolute Gasteiger partial charge is 0.450 e. The number of para-hydroxylation sites is 1. The van der Waals surface area contributed by atoms with Gasteiger partial charge in [-0.3, -0.25) is 4.79 Å². The molecule has 3 aromatic heterocycles. The molecule has 6 heterocycles. The molecule has 10 heteroatoms. The molecule has 3 aliphatic rings. The number of furan rings is 1. The summed E-state index contributed by atoms with van der Waals surface area (Å²) >= 11 is 5.95. The molecule has 210 valence electrons. The second-order valence-corrected chi connectivity index (χ2v) is 10.0. The van der Waals surface area contributed by atoms with Crippen molar-refractivity contribution in [2.24, 2.45) is 0 Å². The van der Waals surface area contributed by atoms with Crippen molar-refractivity contribution < 1.29 is 13.9 Å². The number of halogens is 1. The molecular formula is C30H34ClN5O4. The quantitative estimate of drug-likeness (QED) is 0.283. The molecule has 0 aliphatic carbocycles. The number of aromatic amines is 1. The number of aromatic nitrogens is 3. The monoisotopic (exact) mass is 563 g/mol. The fourth-order valence-corrected chi connectivity index (χ4v) is 5.29. The minimum atomic E-state index is -0.239. The maximum Gasteiger partial charge on any atom is 0.271 e. The topological polar surface area (TPSA) is 96.7 Å². The van der Waals surface area contributed by atoms with Gasteiger partial charge < -0.3 is 28.7 Å². The number of nitrogens with zero attached hydrogens (tertiary/aromatic N) is 4. The molecule has 0 bridgehead atoms. The highest BCUT2D eigenvalue weighted by Crippen LogP contribution is 2.34. The number of hydrogen-bond donors (Lipinski definition) is 1. The highest BCUT2D eigenvalue weighted by Gasteiger charge is 2.44. The maximum absolute atomic E-state index is 11.9. The lowest BCUT2D eigenvalue weighted by atomic mass is 9.99. The molecule has 7 rings (SSSR count). The zero-order valence-corrected chi connectivity index (χ0v) is 23.7. The highest BCUT2D eigenvalue weighted by atomic mass is 35.5. The van der Waals surface area contributed by atoms with E-state index in [1.807, 2.05) is 43.0 Å². The lowest BCUT2D eigenvalue weighted by molar-refractivity contribution is -0.211. The summed E-state index contributed by atoms with van der Waals surface area (Å²) in [5, 5.41) is 1.02. The van der Waals surface area contributed by atoms with Crippen molar-refractivity contribution in [3.05, 3.63) is 58.3 Å². The van der Waals surface area contributed by atoms with E-state index in [4.69, 9.17) is 31.9 Å². The summed E-state index contributed by atoms with van der Waals surface area (Å²) in [4.78, 5) is 28.0. The lowest BCUT2D eigenvalue weighted by Gasteiger charge is -2.48. The zero-order valence-electron chi connectivity index (χ0n) is 22.9. The average molecular weight is 564 g/mol. The average Bonchev–Trinajstić information content (AvgIpc) is 3.66. The molecule has 40 heavy (non-hydrogen) atoms. The van der Waals surface area contributed by atoms with Gasteiger partial charge in [-0.05, 0) is 31.0 Å². The first-order valence-corrected chi connectivity index (χ1v) is 14.3. The Morgan fingerprint density at radius 1 is 1.12 bits per heavy atom. The van der Waals surface area contributed by atoms with E-state index in [0.717, 1.165) is 41.0 Å². The van der Waals surface area contributed by atoms with Crippen LogP contribution in [0.2, 0.25) is 0 Å². The number of pyridine rings is 1. The minimum absolute atomic E-state index is 0.119. The van der Waals surface area contributed by atoms with Gasteiger partial charge in [0.2, 0.25) is 0 Å². The normalized spacial score (nSPS) is 17.6. The predicted molar refractivity (Wildman–Crippen MR) is 158 cm³/mol. The Morgan fingerprint density at radius 3 is 2.60 bits per heavy atom. The van der Waals surface area contributed by atoms with Crippen molar-refractivity contribution >= 4 is 45.2 Å². The van der Waals surface area contributed by atoms with E-state index in [9.17, 15) is 4.79 Å². The van der Waals surface area contributed by atoms with Crippen LogP contribution in [0.4, 0.5) is 11.5 Å². The Kier molecular flexibility index (Phi) is 8.60. The van der Waals surface area contributed by atoms with Crippen molar-refractivity contribution in [3.8, 4) is 12.3 Å². The molecule has 3 aliphatic heterocycles. The summed E-state index contributed by atoms with van der Waals surface area (Å²) < 4.78 is 16.9. The van der Waals surface area contributed by atoms with E-state index in [-0.39, 0.29) is 11.2 Å². The molecule has 1 spiro atoms. The number of rotatable bonds is 3. The van der Waals surface area contributed by atoms with Crippen molar-refractivity contribution in [2.45, 2.75) is 38.2 Å². The molecule has 0 unspecified atom stereocenters. The summed E-state index contributed by atoms with van der Waals surface area (Å²) in [6.45, 7) is 9.19. The number of anilines is 2. The Morgan fingerprint density at radius 2 is 1.90 bits per heavy atom. The number of alkyl halides is 1. The van der Waals surface area contributed by atoms with E-state index in [0.29, 0.717) is 55.9 Å². The summed E-state index contributed by atoms with van der Waals surface area (Å²) in [5.74, 6) is 4.39. The molecule has 3 fully saturated rings. The van der Waals surface area contributed by atoms with Crippen LogP contribution in [0.15, 0.2) is 45.7 Å². The van der Waals surface area contributed by atoms with Crippen LogP contribution in [0.25, 0.3) is 22.1 Å². The van der Waals surface area contributed by atoms with Gasteiger partial charge in [0.15, 0.2) is 11.4 Å². The SMILES string of the molecule is C#Cc1c[nH]c(=O)c(N2CCOC3(COC3)C2)c1.CC.ClCc1nc(N2CCCC2)c2oc3ccccc3c2n1. The number of ether oxygens (including phenoxy) is 2. The number of nitrogens with one attached hydrogen (secondary N) is 1. The van der Waals surface area contributed by atoms with E-state index in [2.05, 4.69) is 25.8 Å². The standard InChI is InChI=1S/C15H14ClN3O.C13H14N2O3.C2H6/c16-9-12-17-13-10-5-1-2-6-11(10)20-14(13)15(18-12)19-7-3-4-8-19;1-2-10-5-11(12(16)14-6-10)15-3-4-18-13(7-15)8-17-9-13;1-2/h1-2,5-6H,3-4,7-9H2;1,5-6H,3-4,7-9H2,(H,14,16);1-2H3. The van der Waals surface area contributed by atoms with Crippen molar-refractivity contribution in [2.75, 3.05) is 55.8 Å². The van der Waals surface area contributed by atoms with Gasteiger partial charge in [-0.25, -0.2) is 9.97 Å². The van der Waals surface area contributed by atoms with Gasteiger partial charge in [-0.15, -0.1) is 18.0 Å². The van der Waals surface area contributed by atoms with E-state index >= 15 is 0 Å². The van der Waals surface area contributed by atoms with Gasteiger partial charge in [-0.1, -0.05) is 31.9 Å². The molecule has 1 aromatic carbocycles. The molecule has 0 atom stereocenters. The van der Waals surface area contributed by atoms with E-state index < -0.39 is 0 Å². The molecule has 0 radical (unpaired) electrons. The van der Waals surface area contributed by atoms with Crippen LogP contribution >= 0.6 is 11.6 Å². The number of fused-ring (bicyclic) bond motifs is 3. The Labute approximate surface area is 238 Å². The molecular weight excluding hydrogens is 530 g/mol. The third-order valence-electron chi connectivity index (χ3n) is 7.14. The first kappa shape index (κ1) is 28.0. The van der Waals surface area contributed by atoms with Crippen LogP contribution in [0.1, 0.15) is 38.1 Å². The van der Waals surface area contributed by atoms with Crippen molar-refractivity contribution in [3.63, 3.8) is 0 Å². The van der Waals surface area contributed by atoms with Gasteiger partial charge in [-0.2, -0.15) is 0 Å². The summed E-state index contributed by atoms with van der Waals surface area (Å²) in [6, 6.07) is 9.70. The minimum Gasteiger partial charge on any atom is -0.450 e. The van der Waals surface area contributed by atoms with E-state index in [1.165, 1.54) is 12.8 Å². The van der Waals surface area contributed by atoms with E-state index in [1.54, 1.807) is 12.3 Å². The van der Waals surface area contributed by atoms with Gasteiger partial charge in [0.05, 0.1) is 32.2 Å². The van der Waals surface area contributed by atoms with Gasteiger partial charge in [0.25, 0.3) is 5.56 Å². The summed E-state index contributed by atoms with van der Waals surface area (Å²) in [7, 11) is 0. The second kappa shape index (κ2) is 12.3. The lowest BCUT2D eigenvalue weighted by Crippen LogP contribution is -2.63. The molecule has 4 aromatic rings. The van der Waals surface area contributed by atoms with Crippen molar-refractivity contribution in [1.82, 2.24) is 15.0 Å². The van der Waals surface area contributed by atoms with Crippen molar-refractivity contribution in [1.29, 1.82) is 0 Å². The number of H-pyrrole nitrogens is 1. The zero-order chi connectivity index (χ0) is 28.1. The van der Waals surface area contributed by atoms with Gasteiger partial charge in [0, 0.05) is 36.8 Å². The summed E-state index contributed by atoms with van der Waals surface area (Å²) in [6.07, 6.45) is 9.30. The first-order chi connectivity index (χ1) is 19.6. The van der Waals surface area contributed by atoms with Crippen LogP contribution in [-0.4, -0.2) is 66.6 Å². The van der Waals surface area contributed by atoms with Crippen LogP contribution in [0.3, 0.4) is 0 Å². The second-order valence-electron chi connectivity index (χ2n) is 9.76. The third-order valence-corrected chi connectivity index (χ3v) is 7.38. The molecule has 9 nitrogen and oxygen atoms in total. The van der Waals surface area contributed by atoms with Gasteiger partial charge in [0.1, 0.15) is 28.2 Å². The molecule has 0 amide bonds. The Bertz CT molecular complexity index is 1570. The van der Waals surface area contributed by atoms with Crippen LogP contribution in [-0.2, 0) is 15.4 Å². The van der Waals surface area contributed by atoms with Crippen LogP contribution in [0.5, 0.6) is 0 Å². The maximum atomic E-state index is 11.9. The fraction of sp³-hybridized carbons (Fsp3) is 0.433. The number of terminal acetylenes is 1. The molecule has 3 saturated heterocycles. The molecule has 1 N–H and O–H groups in total. The number of benzene rings is 1. The highest BCUT2D eigenvalue weighted by molar-refractivity contribution is 6.17. The van der Waals surface area contributed by atoms with Gasteiger partial charge >= 0.3 is 0 Å². The Hall–Kier alpha value is -3.58. The third kappa shape index (κ3) is 5.52. The van der Waals surface area contributed by atoms with Crippen LogP contribution in [0, 0.1) is 12.3 Å². The number of morpholine rings is 1. The number of hydrogen-bond acceptors (Lipinski definition) is 8. The fourth-order valence-electron chi connectivity index (χ4n) is 5.17. The smallest absolute Gasteiger partial charge is 0.271 e. The molecule has 0 saturated carbocycles. The first-order valence-electron chi connectivity index (χ1n) is 13.7. The summed E-state index contributed by atoms with van der Waals surface area (Å²) in [5.41, 5.74) is 3.43. The van der Waals surface area contributed by atoms with Crippen LogP contribution < -0.4 is 15.4 Å².